The summed E-state index contributed by atoms with van der Waals surface area (Å²) in [5, 5.41) is 3.68. The number of nitrogens with one attached hydrogen (secondary N) is 1. The molecule has 0 saturated carbocycles. The zero-order chi connectivity index (χ0) is 14.4. The summed E-state index contributed by atoms with van der Waals surface area (Å²) >= 11 is 3.70. The normalized spacial score (nSPS) is 21.1. The third-order valence-electron chi connectivity index (χ3n) is 4.28. The van der Waals surface area contributed by atoms with E-state index >= 15 is 0 Å². The number of piperidine rings is 1. The van der Waals surface area contributed by atoms with Gasteiger partial charge in [0.15, 0.2) is 0 Å². The zero-order valence-electron chi connectivity index (χ0n) is 12.7. The predicted molar refractivity (Wildman–Crippen MR) is 90.1 cm³/mol. The minimum Gasteiger partial charge on any atom is -0.313 e. The Morgan fingerprint density at radius 3 is 2.80 bits per heavy atom. The van der Waals surface area contributed by atoms with E-state index in [1.165, 1.54) is 48.8 Å². The van der Waals surface area contributed by atoms with Crippen molar-refractivity contribution in [3.8, 4) is 0 Å². The molecule has 1 N–H and O–H groups in total. The maximum Gasteiger partial charge on any atom is 0.0331 e. The lowest BCUT2D eigenvalue weighted by Crippen LogP contribution is -2.44. The molecular weight excluding hydrogens is 312 g/mol. The standard InChI is InChI=1S/C17H27BrN2/c1-3-12-20(13-15-8-6-7-11-19-15)14(2)16-9-4-5-10-17(16)18/h4-5,9-10,14-15,19H,3,6-8,11-13H2,1-2H3. The fraction of sp³-hybridized carbons (Fsp3) is 0.647. The van der Waals surface area contributed by atoms with Gasteiger partial charge in [0.05, 0.1) is 0 Å². The summed E-state index contributed by atoms with van der Waals surface area (Å²) in [6, 6.07) is 9.75. The molecule has 1 fully saturated rings. The first-order valence-electron chi connectivity index (χ1n) is 7.94. The minimum absolute atomic E-state index is 0.467. The van der Waals surface area contributed by atoms with Crippen LogP contribution in [0.2, 0.25) is 0 Å². The molecule has 1 aromatic rings. The van der Waals surface area contributed by atoms with E-state index in [1.807, 2.05) is 0 Å². The molecule has 20 heavy (non-hydrogen) atoms. The molecule has 1 aliphatic rings. The third-order valence-corrected chi connectivity index (χ3v) is 5.00. The average Bonchev–Trinajstić information content (AvgIpc) is 2.48. The van der Waals surface area contributed by atoms with Gasteiger partial charge in [-0.25, -0.2) is 0 Å². The molecule has 0 aliphatic carbocycles. The van der Waals surface area contributed by atoms with Crippen molar-refractivity contribution in [3.05, 3.63) is 34.3 Å². The summed E-state index contributed by atoms with van der Waals surface area (Å²) in [6.45, 7) is 8.12. The van der Waals surface area contributed by atoms with E-state index in [-0.39, 0.29) is 0 Å². The Hall–Kier alpha value is -0.380. The van der Waals surface area contributed by atoms with Crippen LogP contribution in [0.1, 0.15) is 51.1 Å². The molecule has 1 aromatic carbocycles. The lowest BCUT2D eigenvalue weighted by atomic mass is 10.0. The highest BCUT2D eigenvalue weighted by molar-refractivity contribution is 9.10. The summed E-state index contributed by atoms with van der Waals surface area (Å²) in [4.78, 5) is 2.63. The first-order valence-corrected chi connectivity index (χ1v) is 8.73. The Morgan fingerprint density at radius 1 is 1.35 bits per heavy atom. The SMILES string of the molecule is CCCN(CC1CCCCN1)C(C)c1ccccc1Br. The van der Waals surface area contributed by atoms with Gasteiger partial charge in [0, 0.05) is 23.1 Å². The van der Waals surface area contributed by atoms with Crippen molar-refractivity contribution in [2.45, 2.75) is 51.6 Å². The fourth-order valence-electron chi connectivity index (χ4n) is 3.10. The van der Waals surface area contributed by atoms with Crippen molar-refractivity contribution in [3.63, 3.8) is 0 Å². The van der Waals surface area contributed by atoms with Gasteiger partial charge in [-0.1, -0.05) is 47.5 Å². The molecule has 1 heterocycles. The summed E-state index contributed by atoms with van der Waals surface area (Å²) < 4.78 is 1.23. The van der Waals surface area contributed by atoms with Crippen LogP contribution in [-0.4, -0.2) is 30.6 Å². The number of nitrogens with zero attached hydrogens (tertiary/aromatic N) is 1. The lowest BCUT2D eigenvalue weighted by molar-refractivity contribution is 0.175. The highest BCUT2D eigenvalue weighted by Gasteiger charge is 2.21. The molecule has 2 unspecified atom stereocenters. The molecule has 0 bridgehead atoms. The smallest absolute Gasteiger partial charge is 0.0331 e. The summed E-state index contributed by atoms with van der Waals surface area (Å²) in [5.74, 6) is 0. The van der Waals surface area contributed by atoms with Gasteiger partial charge < -0.3 is 5.32 Å². The molecule has 2 nitrogen and oxygen atoms in total. The summed E-state index contributed by atoms with van der Waals surface area (Å²) in [7, 11) is 0. The van der Waals surface area contributed by atoms with Crippen LogP contribution in [0, 0.1) is 0 Å². The second-order valence-corrected chi connectivity index (χ2v) is 6.69. The topological polar surface area (TPSA) is 15.3 Å². The average molecular weight is 339 g/mol. The van der Waals surface area contributed by atoms with Crippen LogP contribution >= 0.6 is 15.9 Å². The molecule has 2 rings (SSSR count). The first-order chi connectivity index (χ1) is 9.72. The summed E-state index contributed by atoms with van der Waals surface area (Å²) in [5.41, 5.74) is 1.40. The molecule has 3 heteroatoms. The minimum atomic E-state index is 0.467. The van der Waals surface area contributed by atoms with Crippen molar-refractivity contribution in [1.29, 1.82) is 0 Å². The van der Waals surface area contributed by atoms with Crippen molar-refractivity contribution in [1.82, 2.24) is 10.2 Å². The second kappa shape index (κ2) is 8.16. The van der Waals surface area contributed by atoms with Crippen molar-refractivity contribution in [2.24, 2.45) is 0 Å². The van der Waals surface area contributed by atoms with Gasteiger partial charge in [-0.3, -0.25) is 4.90 Å². The highest BCUT2D eigenvalue weighted by Crippen LogP contribution is 2.28. The van der Waals surface area contributed by atoms with Crippen LogP contribution < -0.4 is 5.32 Å². The maximum absolute atomic E-state index is 3.70. The van der Waals surface area contributed by atoms with E-state index in [2.05, 4.69) is 64.3 Å². The largest absolute Gasteiger partial charge is 0.313 e. The maximum atomic E-state index is 3.70. The van der Waals surface area contributed by atoms with Gasteiger partial charge in [-0.15, -0.1) is 0 Å². The lowest BCUT2D eigenvalue weighted by Gasteiger charge is -2.35. The van der Waals surface area contributed by atoms with Crippen LogP contribution in [0.25, 0.3) is 0 Å². The zero-order valence-corrected chi connectivity index (χ0v) is 14.3. The van der Waals surface area contributed by atoms with Gasteiger partial charge in [0.25, 0.3) is 0 Å². The second-order valence-electron chi connectivity index (χ2n) is 5.84. The molecule has 112 valence electrons. The number of halogens is 1. The monoisotopic (exact) mass is 338 g/mol. The van der Waals surface area contributed by atoms with Crippen molar-refractivity contribution >= 4 is 15.9 Å². The van der Waals surface area contributed by atoms with Crippen LogP contribution in [0.3, 0.4) is 0 Å². The van der Waals surface area contributed by atoms with E-state index in [4.69, 9.17) is 0 Å². The number of hydrogen-bond donors (Lipinski definition) is 1. The fourth-order valence-corrected chi connectivity index (χ4v) is 3.72. The highest BCUT2D eigenvalue weighted by atomic mass is 79.9. The quantitative estimate of drug-likeness (QED) is 0.828. The van der Waals surface area contributed by atoms with Gasteiger partial charge in [-0.2, -0.15) is 0 Å². The van der Waals surface area contributed by atoms with E-state index in [9.17, 15) is 0 Å². The number of hydrogen-bond acceptors (Lipinski definition) is 2. The van der Waals surface area contributed by atoms with Crippen LogP contribution in [0.5, 0.6) is 0 Å². The molecule has 0 amide bonds. The van der Waals surface area contributed by atoms with Gasteiger partial charge in [0.1, 0.15) is 0 Å². The predicted octanol–water partition coefficient (Wildman–Crippen LogP) is 4.36. The van der Waals surface area contributed by atoms with Gasteiger partial charge >= 0.3 is 0 Å². The van der Waals surface area contributed by atoms with E-state index in [0.717, 1.165) is 6.54 Å². The van der Waals surface area contributed by atoms with Crippen LogP contribution in [-0.2, 0) is 0 Å². The molecule has 1 aliphatic heterocycles. The third kappa shape index (κ3) is 4.31. The molecule has 2 atom stereocenters. The number of benzene rings is 1. The van der Waals surface area contributed by atoms with Crippen LogP contribution in [0.15, 0.2) is 28.7 Å². The van der Waals surface area contributed by atoms with Crippen molar-refractivity contribution in [2.75, 3.05) is 19.6 Å². The van der Waals surface area contributed by atoms with Crippen molar-refractivity contribution < 1.29 is 0 Å². The first kappa shape index (κ1) is 16.0. The Bertz CT molecular complexity index is 402. The Balaban J connectivity index is 2.04. The van der Waals surface area contributed by atoms with Gasteiger partial charge in [-0.05, 0) is 50.9 Å². The molecule has 0 spiro atoms. The number of rotatable bonds is 6. The molecule has 0 aromatic heterocycles. The van der Waals surface area contributed by atoms with E-state index in [1.54, 1.807) is 0 Å². The molecular formula is C17H27BrN2. The molecule has 1 saturated heterocycles. The Kier molecular flexibility index (Phi) is 6.53. The molecule has 0 radical (unpaired) electrons. The van der Waals surface area contributed by atoms with E-state index < -0.39 is 0 Å². The summed E-state index contributed by atoms with van der Waals surface area (Å²) in [6.07, 6.45) is 5.25. The Labute approximate surface area is 132 Å². The van der Waals surface area contributed by atoms with Crippen LogP contribution in [0.4, 0.5) is 0 Å². The van der Waals surface area contributed by atoms with E-state index in [0.29, 0.717) is 12.1 Å². The van der Waals surface area contributed by atoms with Gasteiger partial charge in [0.2, 0.25) is 0 Å². The Morgan fingerprint density at radius 2 is 2.15 bits per heavy atom.